The van der Waals surface area contributed by atoms with Crippen molar-refractivity contribution in [2.24, 2.45) is 0 Å². The molecule has 6 heteroatoms. The Labute approximate surface area is 182 Å². The van der Waals surface area contributed by atoms with Crippen LogP contribution in [0.3, 0.4) is 0 Å². The summed E-state index contributed by atoms with van der Waals surface area (Å²) in [6, 6.07) is 10.4. The Kier molecular flexibility index (Phi) is 4.95. The van der Waals surface area contributed by atoms with Crippen molar-refractivity contribution < 1.29 is 14.5 Å². The standard InChI is InChI=1S/C24H26N2O2SSi/c1-25(2)15-7-9-17-21(13-15)30(5,6)22-14-16(26(3)4)8-10-18(22)23(17)19-11-12-20(29-19)24(27)28/h7-14H,1-6H3/p+1. The van der Waals surface area contributed by atoms with Gasteiger partial charge in [-0.05, 0) is 51.9 Å². The zero-order chi connectivity index (χ0) is 21.8. The summed E-state index contributed by atoms with van der Waals surface area (Å²) in [6.45, 7) is 4.83. The van der Waals surface area contributed by atoms with E-state index in [1.54, 1.807) is 6.07 Å². The quantitative estimate of drug-likeness (QED) is 0.586. The van der Waals surface area contributed by atoms with E-state index in [2.05, 4.69) is 87.2 Å². The molecule has 0 bridgehead atoms. The molecule has 2 heterocycles. The van der Waals surface area contributed by atoms with Gasteiger partial charge >= 0.3 is 5.97 Å². The van der Waals surface area contributed by atoms with E-state index in [9.17, 15) is 9.90 Å². The van der Waals surface area contributed by atoms with E-state index in [1.807, 2.05) is 6.07 Å². The van der Waals surface area contributed by atoms with Gasteiger partial charge in [-0.25, -0.2) is 9.37 Å². The minimum atomic E-state index is -1.96. The van der Waals surface area contributed by atoms with Crippen LogP contribution in [0.1, 0.15) is 20.1 Å². The normalized spacial score (nSPS) is 16.7. The van der Waals surface area contributed by atoms with E-state index in [4.69, 9.17) is 0 Å². The third kappa shape index (κ3) is 3.20. The SMILES string of the molecule is CN(C)c1ccc2c(c1)[Si](C)(C)C1=CC(=[N+](C)C)C=CC1=C2c1ccc(C(=O)O)s1. The van der Waals surface area contributed by atoms with Gasteiger partial charge in [0, 0.05) is 42.4 Å². The molecule has 1 aromatic heterocycles. The van der Waals surface area contributed by atoms with Gasteiger partial charge in [0.15, 0.2) is 5.71 Å². The average molecular weight is 436 g/mol. The number of fused-ring (bicyclic) bond motifs is 2. The summed E-state index contributed by atoms with van der Waals surface area (Å²) in [5, 5.41) is 12.3. The minimum absolute atomic E-state index is 0.373. The van der Waals surface area contributed by atoms with Gasteiger partial charge in [0.2, 0.25) is 0 Å². The van der Waals surface area contributed by atoms with Crippen LogP contribution in [0.25, 0.3) is 5.57 Å². The van der Waals surface area contributed by atoms with Gasteiger partial charge in [-0.3, -0.25) is 0 Å². The molecule has 0 spiro atoms. The summed E-state index contributed by atoms with van der Waals surface area (Å²) >= 11 is 1.35. The Morgan fingerprint density at radius 2 is 1.83 bits per heavy atom. The van der Waals surface area contributed by atoms with Crippen LogP contribution in [0.5, 0.6) is 0 Å². The molecule has 4 rings (SSSR count). The number of rotatable bonds is 3. The number of carboxylic acids is 1. The molecular weight excluding hydrogens is 408 g/mol. The number of nitrogens with zero attached hydrogens (tertiary/aromatic N) is 2. The van der Waals surface area contributed by atoms with Crippen LogP contribution in [0.15, 0.2) is 59.3 Å². The zero-order valence-electron chi connectivity index (χ0n) is 18.3. The van der Waals surface area contributed by atoms with E-state index in [0.29, 0.717) is 4.88 Å². The van der Waals surface area contributed by atoms with Crippen molar-refractivity contribution in [1.82, 2.24) is 0 Å². The van der Waals surface area contributed by atoms with Crippen LogP contribution in [0.4, 0.5) is 5.69 Å². The van der Waals surface area contributed by atoms with Crippen LogP contribution in [0.2, 0.25) is 13.1 Å². The van der Waals surface area contributed by atoms with Crippen LogP contribution < -0.4 is 10.1 Å². The second-order valence-corrected chi connectivity index (χ2v) is 14.1. The second-order valence-electron chi connectivity index (χ2n) is 8.72. The molecule has 2 aromatic rings. The first-order valence-electron chi connectivity index (χ1n) is 9.96. The van der Waals surface area contributed by atoms with Crippen LogP contribution in [-0.4, -0.2) is 57.6 Å². The summed E-state index contributed by atoms with van der Waals surface area (Å²) < 4.78 is 2.14. The van der Waals surface area contributed by atoms with E-state index in [-0.39, 0.29) is 0 Å². The Morgan fingerprint density at radius 3 is 2.43 bits per heavy atom. The zero-order valence-corrected chi connectivity index (χ0v) is 20.1. The van der Waals surface area contributed by atoms with Gasteiger partial charge in [0.1, 0.15) is 27.0 Å². The smallest absolute Gasteiger partial charge is 0.345 e. The van der Waals surface area contributed by atoms with Gasteiger partial charge in [0.25, 0.3) is 0 Å². The van der Waals surface area contributed by atoms with Gasteiger partial charge in [0.05, 0.1) is 0 Å². The molecule has 1 aliphatic heterocycles. The summed E-state index contributed by atoms with van der Waals surface area (Å²) in [6.07, 6.45) is 6.71. The largest absolute Gasteiger partial charge is 0.477 e. The van der Waals surface area contributed by atoms with E-state index < -0.39 is 14.0 Å². The van der Waals surface area contributed by atoms with Crippen molar-refractivity contribution in [3.63, 3.8) is 0 Å². The third-order valence-corrected chi connectivity index (χ3v) is 10.6. The number of aromatic carboxylic acids is 1. The molecule has 0 fully saturated rings. The molecule has 1 aromatic carbocycles. The predicted octanol–water partition coefficient (Wildman–Crippen LogP) is 3.99. The molecule has 0 saturated carbocycles. The predicted molar refractivity (Wildman–Crippen MR) is 130 cm³/mol. The molecule has 0 radical (unpaired) electrons. The number of hydrogen-bond donors (Lipinski definition) is 1. The number of anilines is 1. The van der Waals surface area contributed by atoms with E-state index in [0.717, 1.165) is 10.5 Å². The fraction of sp³-hybridized carbons (Fsp3) is 0.250. The maximum atomic E-state index is 11.5. The Morgan fingerprint density at radius 1 is 1.10 bits per heavy atom. The second kappa shape index (κ2) is 7.21. The average Bonchev–Trinajstić information content (AvgIpc) is 3.17. The highest BCUT2D eigenvalue weighted by Gasteiger charge is 2.40. The molecule has 0 saturated heterocycles. The van der Waals surface area contributed by atoms with Gasteiger partial charge in [-0.1, -0.05) is 19.2 Å². The number of hydrogen-bond acceptors (Lipinski definition) is 3. The number of carboxylic acid groups (broad SMARTS) is 1. The van der Waals surface area contributed by atoms with Crippen molar-refractivity contribution in [1.29, 1.82) is 0 Å². The van der Waals surface area contributed by atoms with Crippen LogP contribution >= 0.6 is 11.3 Å². The van der Waals surface area contributed by atoms with Gasteiger partial charge < -0.3 is 10.0 Å². The highest BCUT2D eigenvalue weighted by molar-refractivity contribution is 7.15. The summed E-state index contributed by atoms with van der Waals surface area (Å²) in [4.78, 5) is 15.1. The Bertz CT molecular complexity index is 1190. The number of carbonyl (C=O) groups is 1. The van der Waals surface area contributed by atoms with Crippen molar-refractivity contribution in [2.45, 2.75) is 13.1 Å². The molecule has 30 heavy (non-hydrogen) atoms. The van der Waals surface area contributed by atoms with Crippen molar-refractivity contribution in [3.05, 3.63) is 74.6 Å². The molecule has 4 nitrogen and oxygen atoms in total. The van der Waals surface area contributed by atoms with Crippen LogP contribution in [0, 0.1) is 0 Å². The molecule has 1 N–H and O–H groups in total. The molecule has 1 aliphatic carbocycles. The summed E-state index contributed by atoms with van der Waals surface area (Å²) in [5.41, 5.74) is 6.01. The first kappa shape index (κ1) is 20.6. The lowest BCUT2D eigenvalue weighted by Gasteiger charge is -2.37. The number of thiophene rings is 1. The lowest BCUT2D eigenvalue weighted by atomic mass is 9.93. The fourth-order valence-corrected chi connectivity index (χ4v) is 8.22. The molecule has 0 atom stereocenters. The number of benzene rings is 1. The van der Waals surface area contributed by atoms with Crippen molar-refractivity contribution in [2.75, 3.05) is 33.1 Å². The molecule has 0 amide bonds. The molecule has 0 unspecified atom stereocenters. The van der Waals surface area contributed by atoms with Crippen molar-refractivity contribution >= 4 is 47.5 Å². The fourth-order valence-electron chi connectivity index (χ4n) is 4.23. The maximum absolute atomic E-state index is 11.5. The highest BCUT2D eigenvalue weighted by atomic mass is 32.1. The molecule has 154 valence electrons. The monoisotopic (exact) mass is 435 g/mol. The summed E-state index contributed by atoms with van der Waals surface area (Å²) in [7, 11) is 6.32. The van der Waals surface area contributed by atoms with Gasteiger partial charge in [-0.2, -0.15) is 0 Å². The van der Waals surface area contributed by atoms with E-state index in [1.165, 1.54) is 44.3 Å². The lowest BCUT2D eigenvalue weighted by molar-refractivity contribution is -0.462. The first-order chi connectivity index (χ1) is 14.1. The maximum Gasteiger partial charge on any atom is 0.345 e. The first-order valence-corrected chi connectivity index (χ1v) is 13.8. The minimum Gasteiger partial charge on any atom is -0.477 e. The van der Waals surface area contributed by atoms with Crippen LogP contribution in [-0.2, 0) is 0 Å². The molecule has 2 aliphatic rings. The van der Waals surface area contributed by atoms with Gasteiger partial charge in [-0.15, -0.1) is 11.3 Å². The highest BCUT2D eigenvalue weighted by Crippen LogP contribution is 2.43. The van der Waals surface area contributed by atoms with E-state index >= 15 is 0 Å². The lowest BCUT2D eigenvalue weighted by Crippen LogP contribution is -2.49. The summed E-state index contributed by atoms with van der Waals surface area (Å²) in [5.74, 6) is -0.872. The third-order valence-electron chi connectivity index (χ3n) is 5.99. The van der Waals surface area contributed by atoms with Crippen molar-refractivity contribution in [3.8, 4) is 0 Å². The Balaban J connectivity index is 2.06. The topological polar surface area (TPSA) is 43.5 Å². The Hall–Kier alpha value is -2.70. The molecular formula is C24H27N2O2SSi+. The number of allylic oxidation sites excluding steroid dienone is 5.